The smallest absolute Gasteiger partial charge is 0.252 e. The van der Waals surface area contributed by atoms with E-state index in [9.17, 15) is 4.79 Å². The van der Waals surface area contributed by atoms with Crippen molar-refractivity contribution in [2.45, 2.75) is 19.9 Å². The van der Waals surface area contributed by atoms with E-state index in [0.717, 1.165) is 29.8 Å². The van der Waals surface area contributed by atoms with E-state index >= 15 is 0 Å². The predicted octanol–water partition coefficient (Wildman–Crippen LogP) is 2.73. The van der Waals surface area contributed by atoms with Gasteiger partial charge in [0.05, 0.1) is 28.7 Å². The number of carbonyl (C=O) groups excluding carboxylic acids is 1. The van der Waals surface area contributed by atoms with E-state index in [1.165, 1.54) is 6.33 Å². The maximum absolute atomic E-state index is 12.2. The molecule has 2 heterocycles. The largest absolute Gasteiger partial charge is 0.369 e. The monoisotopic (exact) mass is 358 g/mol. The average molecular weight is 359 g/mol. The zero-order chi connectivity index (χ0) is 17.6. The van der Waals surface area contributed by atoms with Gasteiger partial charge < -0.3 is 10.6 Å². The molecule has 130 valence electrons. The standard InChI is InChI=1S/C17H19ClN6O/c1-2-7-19-15-13-10-23-24(16(13)22-11-21-15)9-8-20-17(25)12-5-3-4-6-14(12)18/h3-6,10-11H,2,7-9H2,1H3,(H,20,25)(H,19,21,22). The lowest BCUT2D eigenvalue weighted by Gasteiger charge is -2.08. The van der Waals surface area contributed by atoms with Gasteiger partial charge in [0.2, 0.25) is 0 Å². The molecule has 0 aliphatic rings. The van der Waals surface area contributed by atoms with Crippen molar-refractivity contribution in [2.75, 3.05) is 18.4 Å². The SMILES string of the molecule is CCCNc1ncnc2c1cnn2CCNC(=O)c1ccccc1Cl. The molecule has 0 atom stereocenters. The summed E-state index contributed by atoms with van der Waals surface area (Å²) >= 11 is 6.03. The van der Waals surface area contributed by atoms with Gasteiger partial charge in [-0.3, -0.25) is 4.79 Å². The first-order valence-corrected chi connectivity index (χ1v) is 8.51. The molecule has 0 unspecified atom stereocenters. The van der Waals surface area contributed by atoms with Crippen LogP contribution in [0.25, 0.3) is 11.0 Å². The van der Waals surface area contributed by atoms with Crippen LogP contribution in [-0.2, 0) is 6.54 Å². The highest BCUT2D eigenvalue weighted by Crippen LogP contribution is 2.18. The first kappa shape index (κ1) is 17.2. The first-order chi connectivity index (χ1) is 12.2. The second kappa shape index (κ2) is 7.94. The minimum Gasteiger partial charge on any atom is -0.369 e. The van der Waals surface area contributed by atoms with Gasteiger partial charge in [-0.2, -0.15) is 5.10 Å². The van der Waals surface area contributed by atoms with Gasteiger partial charge >= 0.3 is 0 Å². The molecule has 25 heavy (non-hydrogen) atoms. The summed E-state index contributed by atoms with van der Waals surface area (Å²) < 4.78 is 1.75. The highest BCUT2D eigenvalue weighted by Gasteiger charge is 2.11. The van der Waals surface area contributed by atoms with Gasteiger partial charge in [-0.05, 0) is 18.6 Å². The summed E-state index contributed by atoms with van der Waals surface area (Å²) in [5, 5.41) is 11.8. The van der Waals surface area contributed by atoms with Crippen LogP contribution >= 0.6 is 11.6 Å². The molecule has 1 aromatic carbocycles. The first-order valence-electron chi connectivity index (χ1n) is 8.13. The molecule has 1 amide bonds. The molecule has 0 saturated heterocycles. The zero-order valence-electron chi connectivity index (χ0n) is 13.9. The van der Waals surface area contributed by atoms with Gasteiger partial charge in [0, 0.05) is 13.1 Å². The Morgan fingerprint density at radius 2 is 2.08 bits per heavy atom. The van der Waals surface area contributed by atoms with Crippen molar-refractivity contribution in [2.24, 2.45) is 0 Å². The Morgan fingerprint density at radius 1 is 1.24 bits per heavy atom. The third-order valence-corrected chi connectivity index (χ3v) is 4.03. The van der Waals surface area contributed by atoms with Gasteiger partial charge in [-0.25, -0.2) is 14.6 Å². The molecule has 3 aromatic rings. The third kappa shape index (κ3) is 3.88. The number of benzene rings is 1. The Balaban J connectivity index is 1.66. The number of carbonyl (C=O) groups is 1. The Kier molecular flexibility index (Phi) is 5.45. The molecule has 7 nitrogen and oxygen atoms in total. The molecule has 3 rings (SSSR count). The Labute approximate surface area is 150 Å². The van der Waals surface area contributed by atoms with Crippen LogP contribution in [0.15, 0.2) is 36.8 Å². The molecule has 0 spiro atoms. The number of hydrogen-bond donors (Lipinski definition) is 2. The van der Waals surface area contributed by atoms with Crippen LogP contribution < -0.4 is 10.6 Å². The number of amides is 1. The van der Waals surface area contributed by atoms with Gasteiger partial charge in [-0.15, -0.1) is 0 Å². The number of halogens is 1. The summed E-state index contributed by atoms with van der Waals surface area (Å²) in [6.07, 6.45) is 4.26. The van der Waals surface area contributed by atoms with E-state index in [-0.39, 0.29) is 5.91 Å². The van der Waals surface area contributed by atoms with Gasteiger partial charge in [0.1, 0.15) is 12.1 Å². The average Bonchev–Trinajstić information content (AvgIpc) is 3.04. The molecule has 0 radical (unpaired) electrons. The van der Waals surface area contributed by atoms with Crippen molar-refractivity contribution < 1.29 is 4.79 Å². The lowest BCUT2D eigenvalue weighted by molar-refractivity contribution is 0.0952. The van der Waals surface area contributed by atoms with Gasteiger partial charge in [-0.1, -0.05) is 30.7 Å². The van der Waals surface area contributed by atoms with Crippen LogP contribution in [0.4, 0.5) is 5.82 Å². The fourth-order valence-electron chi connectivity index (χ4n) is 2.46. The quantitative estimate of drug-likeness (QED) is 0.678. The highest BCUT2D eigenvalue weighted by molar-refractivity contribution is 6.33. The number of nitrogens with zero attached hydrogens (tertiary/aromatic N) is 4. The second-order valence-electron chi connectivity index (χ2n) is 5.49. The van der Waals surface area contributed by atoms with Crippen molar-refractivity contribution in [1.29, 1.82) is 0 Å². The van der Waals surface area contributed by atoms with Crippen LogP contribution in [0.2, 0.25) is 5.02 Å². The summed E-state index contributed by atoms with van der Waals surface area (Å²) in [5.41, 5.74) is 1.20. The van der Waals surface area contributed by atoms with Crippen LogP contribution in [0.5, 0.6) is 0 Å². The number of fused-ring (bicyclic) bond motifs is 1. The molecule has 2 N–H and O–H groups in total. The summed E-state index contributed by atoms with van der Waals surface area (Å²) in [6.45, 7) is 3.86. The molecule has 0 aliphatic heterocycles. The maximum Gasteiger partial charge on any atom is 0.252 e. The minimum absolute atomic E-state index is 0.206. The van der Waals surface area contributed by atoms with Crippen molar-refractivity contribution in [1.82, 2.24) is 25.1 Å². The fraction of sp³-hybridized carbons (Fsp3) is 0.294. The lowest BCUT2D eigenvalue weighted by Crippen LogP contribution is -2.27. The van der Waals surface area contributed by atoms with Crippen molar-refractivity contribution in [3.05, 3.63) is 47.4 Å². The predicted molar refractivity (Wildman–Crippen MR) is 97.9 cm³/mol. The van der Waals surface area contributed by atoms with E-state index in [0.29, 0.717) is 23.7 Å². The third-order valence-electron chi connectivity index (χ3n) is 3.70. The molecular weight excluding hydrogens is 340 g/mol. The number of rotatable bonds is 7. The van der Waals surface area contributed by atoms with E-state index < -0.39 is 0 Å². The normalized spacial score (nSPS) is 10.8. The molecule has 0 aliphatic carbocycles. The summed E-state index contributed by atoms with van der Waals surface area (Å²) in [4.78, 5) is 20.7. The van der Waals surface area contributed by atoms with Crippen LogP contribution in [0, 0.1) is 0 Å². The van der Waals surface area contributed by atoms with Crippen molar-refractivity contribution >= 4 is 34.4 Å². The summed E-state index contributed by atoms with van der Waals surface area (Å²) in [7, 11) is 0. The molecular formula is C17H19ClN6O. The van der Waals surface area contributed by atoms with E-state index in [1.807, 2.05) is 0 Å². The molecule has 0 bridgehead atoms. The van der Waals surface area contributed by atoms with E-state index in [1.54, 1.807) is 35.1 Å². The van der Waals surface area contributed by atoms with Crippen molar-refractivity contribution in [3.8, 4) is 0 Å². The molecule has 8 heteroatoms. The number of aromatic nitrogens is 4. The minimum atomic E-state index is -0.206. The highest BCUT2D eigenvalue weighted by atomic mass is 35.5. The fourth-order valence-corrected chi connectivity index (χ4v) is 2.68. The Bertz CT molecular complexity index is 878. The second-order valence-corrected chi connectivity index (χ2v) is 5.90. The number of anilines is 1. The van der Waals surface area contributed by atoms with Crippen LogP contribution in [0.1, 0.15) is 23.7 Å². The van der Waals surface area contributed by atoms with Crippen molar-refractivity contribution in [3.63, 3.8) is 0 Å². The maximum atomic E-state index is 12.2. The number of nitrogens with one attached hydrogen (secondary N) is 2. The number of hydrogen-bond acceptors (Lipinski definition) is 5. The Hall–Kier alpha value is -2.67. The van der Waals surface area contributed by atoms with E-state index in [2.05, 4.69) is 32.6 Å². The lowest BCUT2D eigenvalue weighted by atomic mass is 10.2. The summed E-state index contributed by atoms with van der Waals surface area (Å²) in [5.74, 6) is 0.570. The van der Waals surface area contributed by atoms with E-state index in [4.69, 9.17) is 11.6 Å². The Morgan fingerprint density at radius 3 is 2.88 bits per heavy atom. The molecule has 0 fully saturated rings. The zero-order valence-corrected chi connectivity index (χ0v) is 14.6. The van der Waals surface area contributed by atoms with Gasteiger partial charge in [0.15, 0.2) is 5.65 Å². The summed E-state index contributed by atoms with van der Waals surface area (Å²) in [6, 6.07) is 6.96. The van der Waals surface area contributed by atoms with Crippen LogP contribution in [0.3, 0.4) is 0 Å². The molecule has 2 aromatic heterocycles. The van der Waals surface area contributed by atoms with Crippen LogP contribution in [-0.4, -0.2) is 38.7 Å². The molecule has 0 saturated carbocycles. The topological polar surface area (TPSA) is 84.7 Å². The van der Waals surface area contributed by atoms with Gasteiger partial charge in [0.25, 0.3) is 5.91 Å².